The highest BCUT2D eigenvalue weighted by atomic mass is 16.2. The average Bonchev–Trinajstić information content (AvgIpc) is 2.46. The molecule has 0 aromatic carbocycles. The Morgan fingerprint density at radius 2 is 2.14 bits per heavy atom. The van der Waals surface area contributed by atoms with E-state index < -0.39 is 0 Å². The van der Waals surface area contributed by atoms with Crippen LogP contribution < -0.4 is 5.73 Å². The third-order valence-electron chi connectivity index (χ3n) is 3.74. The SMILES string of the molecule is CC(C)[C@@H](N)C(=O)N1CC2CCCC21. The summed E-state index contributed by atoms with van der Waals surface area (Å²) in [5, 5.41) is 0. The molecule has 2 aliphatic rings. The number of nitrogens with two attached hydrogens (primary N) is 1. The fourth-order valence-electron chi connectivity index (χ4n) is 2.62. The zero-order valence-electron chi connectivity index (χ0n) is 9.07. The lowest BCUT2D eigenvalue weighted by Gasteiger charge is -2.46. The van der Waals surface area contributed by atoms with Crippen molar-refractivity contribution in [2.75, 3.05) is 6.54 Å². The first-order chi connectivity index (χ1) is 6.61. The van der Waals surface area contributed by atoms with Crippen molar-refractivity contribution in [2.24, 2.45) is 17.6 Å². The molecule has 1 saturated heterocycles. The fourth-order valence-corrected chi connectivity index (χ4v) is 2.62. The number of hydrogen-bond acceptors (Lipinski definition) is 2. The fraction of sp³-hybridized carbons (Fsp3) is 0.909. The van der Waals surface area contributed by atoms with Gasteiger partial charge in [-0.15, -0.1) is 0 Å². The van der Waals surface area contributed by atoms with Crippen molar-refractivity contribution >= 4 is 5.91 Å². The van der Waals surface area contributed by atoms with E-state index in [9.17, 15) is 4.79 Å². The van der Waals surface area contributed by atoms with Crippen LogP contribution in [0.5, 0.6) is 0 Å². The molecule has 2 N–H and O–H groups in total. The Hall–Kier alpha value is -0.570. The van der Waals surface area contributed by atoms with Gasteiger partial charge in [0.2, 0.25) is 5.91 Å². The van der Waals surface area contributed by atoms with E-state index in [1.165, 1.54) is 19.3 Å². The number of nitrogens with zero attached hydrogens (tertiary/aromatic N) is 1. The molecule has 3 heteroatoms. The van der Waals surface area contributed by atoms with Crippen LogP contribution in [0.25, 0.3) is 0 Å². The molecule has 14 heavy (non-hydrogen) atoms. The molecule has 0 radical (unpaired) electrons. The van der Waals surface area contributed by atoms with Crippen LogP contribution in [0, 0.1) is 11.8 Å². The summed E-state index contributed by atoms with van der Waals surface area (Å²) >= 11 is 0. The minimum absolute atomic E-state index is 0.170. The van der Waals surface area contributed by atoms with Gasteiger partial charge in [0.25, 0.3) is 0 Å². The summed E-state index contributed by atoms with van der Waals surface area (Å²) in [7, 11) is 0. The molecular formula is C11H20N2O. The first-order valence-electron chi connectivity index (χ1n) is 5.67. The molecule has 80 valence electrons. The molecule has 1 saturated carbocycles. The van der Waals surface area contributed by atoms with E-state index in [-0.39, 0.29) is 17.9 Å². The molecule has 1 aliphatic carbocycles. The molecule has 2 unspecified atom stereocenters. The Labute approximate surface area is 85.6 Å². The smallest absolute Gasteiger partial charge is 0.240 e. The molecule has 2 rings (SSSR count). The first-order valence-corrected chi connectivity index (χ1v) is 5.67. The van der Waals surface area contributed by atoms with Crippen LogP contribution in [0.4, 0.5) is 0 Å². The number of carbonyl (C=O) groups excluding carboxylic acids is 1. The van der Waals surface area contributed by atoms with Crippen molar-refractivity contribution in [1.82, 2.24) is 4.90 Å². The van der Waals surface area contributed by atoms with E-state index >= 15 is 0 Å². The van der Waals surface area contributed by atoms with Gasteiger partial charge >= 0.3 is 0 Å². The highest BCUT2D eigenvalue weighted by Gasteiger charge is 2.45. The van der Waals surface area contributed by atoms with Crippen LogP contribution in [-0.2, 0) is 4.79 Å². The summed E-state index contributed by atoms with van der Waals surface area (Å²) in [5.41, 5.74) is 5.86. The quantitative estimate of drug-likeness (QED) is 0.715. The number of likely N-dealkylation sites (tertiary alicyclic amines) is 1. The van der Waals surface area contributed by atoms with Crippen molar-refractivity contribution in [3.8, 4) is 0 Å². The molecule has 0 aromatic rings. The minimum atomic E-state index is -0.295. The Kier molecular flexibility index (Phi) is 2.52. The van der Waals surface area contributed by atoms with Crippen LogP contribution in [0.1, 0.15) is 33.1 Å². The van der Waals surface area contributed by atoms with E-state index in [0.717, 1.165) is 12.5 Å². The van der Waals surface area contributed by atoms with E-state index in [0.29, 0.717) is 6.04 Å². The molecule has 1 amide bonds. The minimum Gasteiger partial charge on any atom is -0.338 e. The number of rotatable bonds is 2. The number of amides is 1. The van der Waals surface area contributed by atoms with Crippen molar-refractivity contribution in [2.45, 2.75) is 45.2 Å². The summed E-state index contributed by atoms with van der Waals surface area (Å²) in [6, 6.07) is 0.240. The van der Waals surface area contributed by atoms with Crippen LogP contribution in [0.3, 0.4) is 0 Å². The van der Waals surface area contributed by atoms with Gasteiger partial charge in [0.1, 0.15) is 0 Å². The molecular weight excluding hydrogens is 176 g/mol. The van der Waals surface area contributed by atoms with Gasteiger partial charge in [-0.3, -0.25) is 4.79 Å². The van der Waals surface area contributed by atoms with Gasteiger partial charge in [-0.25, -0.2) is 0 Å². The third-order valence-corrected chi connectivity index (χ3v) is 3.74. The van der Waals surface area contributed by atoms with Gasteiger partial charge < -0.3 is 10.6 Å². The summed E-state index contributed by atoms with van der Waals surface area (Å²) in [6.07, 6.45) is 3.79. The number of hydrogen-bond donors (Lipinski definition) is 1. The second-order valence-corrected chi connectivity index (χ2v) is 5.02. The highest BCUT2D eigenvalue weighted by Crippen LogP contribution is 2.39. The topological polar surface area (TPSA) is 46.3 Å². The summed E-state index contributed by atoms with van der Waals surface area (Å²) in [5.74, 6) is 1.21. The Balaban J connectivity index is 1.93. The standard InChI is InChI=1S/C11H20N2O/c1-7(2)10(12)11(14)13-6-8-4-3-5-9(8)13/h7-10H,3-6,12H2,1-2H3/t8?,9?,10-/m1/s1. The monoisotopic (exact) mass is 196 g/mol. The molecule has 0 spiro atoms. The maximum atomic E-state index is 11.9. The lowest BCUT2D eigenvalue weighted by Crippen LogP contribution is -2.60. The molecule has 3 nitrogen and oxygen atoms in total. The molecule has 0 aromatic heterocycles. The second-order valence-electron chi connectivity index (χ2n) is 5.02. The predicted octanol–water partition coefficient (Wildman–Crippen LogP) is 0.981. The van der Waals surface area contributed by atoms with E-state index in [1.54, 1.807) is 0 Å². The molecule has 2 fully saturated rings. The largest absolute Gasteiger partial charge is 0.338 e. The van der Waals surface area contributed by atoms with Crippen LogP contribution >= 0.6 is 0 Å². The predicted molar refractivity (Wildman–Crippen MR) is 55.7 cm³/mol. The average molecular weight is 196 g/mol. The molecule has 1 aliphatic heterocycles. The second kappa shape index (κ2) is 3.54. The van der Waals surface area contributed by atoms with E-state index in [2.05, 4.69) is 0 Å². The lowest BCUT2D eigenvalue weighted by atomic mass is 9.90. The van der Waals surface area contributed by atoms with Gasteiger partial charge in [0, 0.05) is 12.6 Å². The van der Waals surface area contributed by atoms with Gasteiger partial charge in [0.15, 0.2) is 0 Å². The Morgan fingerprint density at radius 3 is 2.71 bits per heavy atom. The van der Waals surface area contributed by atoms with Crippen molar-refractivity contribution < 1.29 is 4.79 Å². The van der Waals surface area contributed by atoms with E-state index in [1.807, 2.05) is 18.7 Å². The van der Waals surface area contributed by atoms with Gasteiger partial charge in [0.05, 0.1) is 6.04 Å². The Bertz CT molecular complexity index is 239. The molecule has 3 atom stereocenters. The first kappa shape index (κ1) is 9.97. The van der Waals surface area contributed by atoms with E-state index in [4.69, 9.17) is 5.73 Å². The zero-order valence-corrected chi connectivity index (χ0v) is 9.07. The lowest BCUT2D eigenvalue weighted by molar-refractivity contribution is -0.144. The van der Waals surface area contributed by atoms with Gasteiger partial charge in [-0.05, 0) is 24.7 Å². The maximum Gasteiger partial charge on any atom is 0.240 e. The van der Waals surface area contributed by atoms with Gasteiger partial charge in [-0.1, -0.05) is 20.3 Å². The Morgan fingerprint density at radius 1 is 1.43 bits per heavy atom. The summed E-state index contributed by atoms with van der Waals surface area (Å²) in [6.45, 7) is 4.98. The number of fused-ring (bicyclic) bond motifs is 1. The normalized spacial score (nSPS) is 32.7. The zero-order chi connectivity index (χ0) is 10.3. The highest BCUT2D eigenvalue weighted by molar-refractivity contribution is 5.83. The van der Waals surface area contributed by atoms with Crippen LogP contribution in [0.15, 0.2) is 0 Å². The van der Waals surface area contributed by atoms with Crippen molar-refractivity contribution in [3.05, 3.63) is 0 Å². The van der Waals surface area contributed by atoms with Crippen LogP contribution in [-0.4, -0.2) is 29.4 Å². The van der Waals surface area contributed by atoms with Crippen molar-refractivity contribution in [1.29, 1.82) is 0 Å². The number of carbonyl (C=O) groups is 1. The van der Waals surface area contributed by atoms with Gasteiger partial charge in [-0.2, -0.15) is 0 Å². The third kappa shape index (κ3) is 1.44. The van der Waals surface area contributed by atoms with Crippen molar-refractivity contribution in [3.63, 3.8) is 0 Å². The summed E-state index contributed by atoms with van der Waals surface area (Å²) < 4.78 is 0. The molecule has 0 bridgehead atoms. The maximum absolute atomic E-state index is 11.9. The molecule has 1 heterocycles. The summed E-state index contributed by atoms with van der Waals surface area (Å²) in [4.78, 5) is 13.9. The van der Waals surface area contributed by atoms with Crippen LogP contribution in [0.2, 0.25) is 0 Å².